The summed E-state index contributed by atoms with van der Waals surface area (Å²) in [6, 6.07) is 5.58. The van der Waals surface area contributed by atoms with Crippen molar-refractivity contribution in [3.05, 3.63) is 23.8 Å². The number of carbonyl (C=O) groups is 2. The van der Waals surface area contributed by atoms with Gasteiger partial charge >= 0.3 is 5.97 Å². The molecule has 2 fully saturated rings. The maximum Gasteiger partial charge on any atom is 0.328 e. The lowest BCUT2D eigenvalue weighted by Gasteiger charge is -2.38. The summed E-state index contributed by atoms with van der Waals surface area (Å²) in [4.78, 5) is 31.5. The van der Waals surface area contributed by atoms with Gasteiger partial charge in [0.15, 0.2) is 11.5 Å². The van der Waals surface area contributed by atoms with E-state index >= 15 is 0 Å². The first kappa shape index (κ1) is 23.3. The third-order valence-electron chi connectivity index (χ3n) is 6.06. The average Bonchev–Trinajstić information content (AvgIpc) is 2.80. The lowest BCUT2D eigenvalue weighted by Crippen LogP contribution is -2.54. The van der Waals surface area contributed by atoms with Gasteiger partial charge in [-0.3, -0.25) is 14.6 Å². The van der Waals surface area contributed by atoms with E-state index in [4.69, 9.17) is 14.2 Å². The van der Waals surface area contributed by atoms with Crippen LogP contribution in [-0.2, 0) is 20.9 Å². The molecule has 2 heterocycles. The van der Waals surface area contributed by atoms with Crippen molar-refractivity contribution in [2.24, 2.45) is 0 Å². The Hall–Kier alpha value is -2.32. The molecule has 31 heavy (non-hydrogen) atoms. The van der Waals surface area contributed by atoms with Gasteiger partial charge in [0.2, 0.25) is 5.91 Å². The number of piperazine rings is 1. The second-order valence-corrected chi connectivity index (χ2v) is 8.09. The maximum absolute atomic E-state index is 12.9. The first-order valence-corrected chi connectivity index (χ1v) is 11.2. The molecule has 8 nitrogen and oxygen atoms in total. The predicted molar refractivity (Wildman–Crippen MR) is 117 cm³/mol. The smallest absolute Gasteiger partial charge is 0.328 e. The molecular formula is C23H35N3O5. The highest BCUT2D eigenvalue weighted by Crippen LogP contribution is 2.28. The molecule has 172 valence electrons. The quantitative estimate of drug-likeness (QED) is 0.579. The van der Waals surface area contributed by atoms with E-state index < -0.39 is 6.04 Å². The second kappa shape index (κ2) is 11.3. The Morgan fingerprint density at radius 1 is 0.968 bits per heavy atom. The summed E-state index contributed by atoms with van der Waals surface area (Å²) in [5.41, 5.74) is 1.17. The molecule has 1 aromatic rings. The zero-order valence-corrected chi connectivity index (χ0v) is 19.0. The molecular weight excluding hydrogens is 398 g/mol. The molecule has 8 heteroatoms. The molecule has 0 spiro atoms. The van der Waals surface area contributed by atoms with Crippen LogP contribution in [0.4, 0.5) is 0 Å². The van der Waals surface area contributed by atoms with Gasteiger partial charge in [0.25, 0.3) is 0 Å². The molecule has 0 aromatic heterocycles. The Bertz CT molecular complexity index is 749. The standard InChI is InChI=1S/C23H35N3O5/c1-4-31-23(28)19-7-5-6-10-26(19)22(27)17-25-13-11-24(12-14-25)16-18-8-9-20(29-2)21(15-18)30-3/h8-9,15,19H,4-7,10-14,16-17H2,1-3H3. The molecule has 1 amide bonds. The highest BCUT2D eigenvalue weighted by Gasteiger charge is 2.34. The monoisotopic (exact) mass is 433 g/mol. The molecule has 0 bridgehead atoms. The summed E-state index contributed by atoms with van der Waals surface area (Å²) in [6.07, 6.45) is 2.60. The van der Waals surface area contributed by atoms with E-state index in [1.54, 1.807) is 26.0 Å². The van der Waals surface area contributed by atoms with E-state index in [1.807, 2.05) is 12.1 Å². The van der Waals surface area contributed by atoms with Crippen LogP contribution in [0.2, 0.25) is 0 Å². The number of piperidine rings is 1. The third-order valence-corrected chi connectivity index (χ3v) is 6.06. The summed E-state index contributed by atoms with van der Waals surface area (Å²) in [5, 5.41) is 0. The van der Waals surface area contributed by atoms with Crippen LogP contribution in [0.25, 0.3) is 0 Å². The highest BCUT2D eigenvalue weighted by molar-refractivity contribution is 5.85. The molecule has 0 saturated carbocycles. The van der Waals surface area contributed by atoms with E-state index in [2.05, 4.69) is 15.9 Å². The van der Waals surface area contributed by atoms with Crippen LogP contribution < -0.4 is 9.47 Å². The van der Waals surface area contributed by atoms with Crippen molar-refractivity contribution in [1.29, 1.82) is 0 Å². The molecule has 3 rings (SSSR count). The van der Waals surface area contributed by atoms with Gasteiger partial charge in [-0.1, -0.05) is 6.07 Å². The van der Waals surface area contributed by atoms with Gasteiger partial charge in [-0.15, -0.1) is 0 Å². The van der Waals surface area contributed by atoms with Crippen molar-refractivity contribution in [3.63, 3.8) is 0 Å². The number of hydrogen-bond donors (Lipinski definition) is 0. The van der Waals surface area contributed by atoms with Gasteiger partial charge < -0.3 is 19.1 Å². The fourth-order valence-electron chi connectivity index (χ4n) is 4.34. The van der Waals surface area contributed by atoms with Crippen LogP contribution in [0.5, 0.6) is 11.5 Å². The number of hydrogen-bond acceptors (Lipinski definition) is 7. The van der Waals surface area contributed by atoms with Crippen molar-refractivity contribution >= 4 is 11.9 Å². The van der Waals surface area contributed by atoms with Crippen LogP contribution in [0.3, 0.4) is 0 Å². The Kier molecular flexibility index (Phi) is 8.54. The van der Waals surface area contributed by atoms with Gasteiger partial charge in [0, 0.05) is 39.3 Å². The minimum atomic E-state index is -0.424. The molecule has 1 unspecified atom stereocenters. The number of carbonyl (C=O) groups excluding carboxylic acids is 2. The minimum absolute atomic E-state index is 0.0334. The number of benzene rings is 1. The summed E-state index contributed by atoms with van der Waals surface area (Å²) < 4.78 is 15.9. The summed E-state index contributed by atoms with van der Waals surface area (Å²) >= 11 is 0. The molecule has 0 aliphatic carbocycles. The van der Waals surface area contributed by atoms with Gasteiger partial charge in [0.1, 0.15) is 6.04 Å². The fraction of sp³-hybridized carbons (Fsp3) is 0.652. The number of likely N-dealkylation sites (tertiary alicyclic amines) is 1. The van der Waals surface area contributed by atoms with Crippen molar-refractivity contribution in [1.82, 2.24) is 14.7 Å². The van der Waals surface area contributed by atoms with Gasteiger partial charge in [-0.2, -0.15) is 0 Å². The Morgan fingerprint density at radius 2 is 1.68 bits per heavy atom. The van der Waals surface area contributed by atoms with Crippen LogP contribution >= 0.6 is 0 Å². The third kappa shape index (κ3) is 6.11. The first-order valence-electron chi connectivity index (χ1n) is 11.2. The number of esters is 1. The SMILES string of the molecule is CCOC(=O)C1CCCCN1C(=O)CN1CCN(Cc2ccc(OC)c(OC)c2)CC1. The predicted octanol–water partition coefficient (Wildman–Crippen LogP) is 1.77. The zero-order valence-electron chi connectivity index (χ0n) is 19.0. The van der Waals surface area contributed by atoms with Crippen LogP contribution in [0.15, 0.2) is 18.2 Å². The van der Waals surface area contributed by atoms with Crippen LogP contribution in [0, 0.1) is 0 Å². The minimum Gasteiger partial charge on any atom is -0.493 e. The van der Waals surface area contributed by atoms with Crippen molar-refractivity contribution in [3.8, 4) is 11.5 Å². The molecule has 0 radical (unpaired) electrons. The number of nitrogens with zero attached hydrogens (tertiary/aromatic N) is 3. The van der Waals surface area contributed by atoms with Gasteiger partial charge in [-0.25, -0.2) is 4.79 Å². The Labute approximate surface area is 185 Å². The van der Waals surface area contributed by atoms with E-state index in [-0.39, 0.29) is 11.9 Å². The van der Waals surface area contributed by atoms with Crippen molar-refractivity contribution in [2.45, 2.75) is 38.8 Å². The fourth-order valence-corrected chi connectivity index (χ4v) is 4.34. The lowest BCUT2D eigenvalue weighted by molar-refractivity contribution is -0.157. The first-order chi connectivity index (χ1) is 15.0. The molecule has 1 aromatic carbocycles. The Balaban J connectivity index is 1.49. The largest absolute Gasteiger partial charge is 0.493 e. The van der Waals surface area contributed by atoms with E-state index in [1.165, 1.54) is 5.56 Å². The van der Waals surface area contributed by atoms with Crippen molar-refractivity contribution in [2.75, 3.05) is 60.1 Å². The maximum atomic E-state index is 12.9. The highest BCUT2D eigenvalue weighted by atomic mass is 16.5. The molecule has 2 saturated heterocycles. The molecule has 0 N–H and O–H groups in total. The van der Waals surface area contributed by atoms with E-state index in [9.17, 15) is 9.59 Å². The summed E-state index contributed by atoms with van der Waals surface area (Å²) in [6.45, 7) is 7.43. The van der Waals surface area contributed by atoms with E-state index in [0.717, 1.165) is 57.1 Å². The number of ether oxygens (including phenoxy) is 3. The number of rotatable bonds is 8. The molecule has 2 aliphatic heterocycles. The topological polar surface area (TPSA) is 71.6 Å². The summed E-state index contributed by atoms with van der Waals surface area (Å²) in [7, 11) is 3.28. The Morgan fingerprint density at radius 3 is 2.35 bits per heavy atom. The van der Waals surface area contributed by atoms with Crippen LogP contribution in [-0.4, -0.2) is 92.7 Å². The van der Waals surface area contributed by atoms with Gasteiger partial charge in [0.05, 0.1) is 27.4 Å². The zero-order chi connectivity index (χ0) is 22.2. The second-order valence-electron chi connectivity index (χ2n) is 8.09. The summed E-state index contributed by atoms with van der Waals surface area (Å²) in [5.74, 6) is 1.23. The van der Waals surface area contributed by atoms with E-state index in [0.29, 0.717) is 26.1 Å². The van der Waals surface area contributed by atoms with Gasteiger partial charge in [-0.05, 0) is 43.9 Å². The lowest BCUT2D eigenvalue weighted by atomic mass is 10.0. The normalized spacial score (nSPS) is 20.4. The molecule has 1 atom stereocenters. The molecule has 2 aliphatic rings. The van der Waals surface area contributed by atoms with Crippen molar-refractivity contribution < 1.29 is 23.8 Å². The average molecular weight is 434 g/mol. The number of methoxy groups -OCH3 is 2. The van der Waals surface area contributed by atoms with Crippen LogP contribution in [0.1, 0.15) is 31.7 Å². The number of amides is 1.